The standard InChI is InChI=1S/C19H30N2O4/c1-5-9-12-21(6-2)18(22)14-20-19(23)15-10-11-16(24-7-3)17(13-15)25-8-4/h10-11,13H,5-9,12,14H2,1-4H3,(H,20,23). The van der Waals surface area contributed by atoms with Crippen molar-refractivity contribution >= 4 is 11.8 Å². The lowest BCUT2D eigenvalue weighted by Crippen LogP contribution is -2.40. The van der Waals surface area contributed by atoms with Crippen LogP contribution < -0.4 is 14.8 Å². The zero-order valence-corrected chi connectivity index (χ0v) is 15.8. The number of hydrogen-bond donors (Lipinski definition) is 1. The fourth-order valence-electron chi connectivity index (χ4n) is 2.37. The molecule has 0 saturated carbocycles. The van der Waals surface area contributed by atoms with Gasteiger partial charge in [0.1, 0.15) is 0 Å². The van der Waals surface area contributed by atoms with Gasteiger partial charge in [-0.15, -0.1) is 0 Å². The fraction of sp³-hybridized carbons (Fsp3) is 0.579. The molecule has 2 amide bonds. The van der Waals surface area contributed by atoms with E-state index in [9.17, 15) is 9.59 Å². The number of nitrogens with one attached hydrogen (secondary N) is 1. The molecule has 0 radical (unpaired) electrons. The summed E-state index contributed by atoms with van der Waals surface area (Å²) in [6.07, 6.45) is 1.99. The molecule has 0 atom stereocenters. The van der Waals surface area contributed by atoms with Gasteiger partial charge in [-0.05, 0) is 45.4 Å². The quantitative estimate of drug-likeness (QED) is 0.666. The van der Waals surface area contributed by atoms with Gasteiger partial charge in [0.25, 0.3) is 5.91 Å². The normalized spacial score (nSPS) is 10.2. The Labute approximate surface area is 150 Å². The summed E-state index contributed by atoms with van der Waals surface area (Å²) in [7, 11) is 0. The number of rotatable bonds is 11. The molecule has 0 saturated heterocycles. The van der Waals surface area contributed by atoms with Gasteiger partial charge in [-0.3, -0.25) is 9.59 Å². The van der Waals surface area contributed by atoms with E-state index in [0.717, 1.165) is 19.4 Å². The van der Waals surface area contributed by atoms with E-state index in [1.807, 2.05) is 20.8 Å². The molecule has 0 heterocycles. The molecule has 0 unspecified atom stereocenters. The minimum absolute atomic E-state index is 0.00638. The number of hydrogen-bond acceptors (Lipinski definition) is 4. The molecule has 1 N–H and O–H groups in total. The van der Waals surface area contributed by atoms with E-state index >= 15 is 0 Å². The highest BCUT2D eigenvalue weighted by molar-refractivity contribution is 5.97. The number of carbonyl (C=O) groups is 2. The second kappa shape index (κ2) is 11.3. The first-order valence-corrected chi connectivity index (χ1v) is 9.02. The lowest BCUT2D eigenvalue weighted by molar-refractivity contribution is -0.130. The largest absolute Gasteiger partial charge is 0.490 e. The minimum atomic E-state index is -0.302. The molecule has 6 heteroatoms. The average Bonchev–Trinajstić information content (AvgIpc) is 2.62. The topological polar surface area (TPSA) is 67.9 Å². The molecule has 1 aromatic carbocycles. The van der Waals surface area contributed by atoms with Gasteiger partial charge < -0.3 is 19.7 Å². The molecule has 0 spiro atoms. The first-order valence-electron chi connectivity index (χ1n) is 9.02. The van der Waals surface area contributed by atoms with Crippen molar-refractivity contribution < 1.29 is 19.1 Å². The van der Waals surface area contributed by atoms with E-state index in [0.29, 0.717) is 36.8 Å². The van der Waals surface area contributed by atoms with Gasteiger partial charge in [0, 0.05) is 18.7 Å². The van der Waals surface area contributed by atoms with E-state index in [4.69, 9.17) is 9.47 Å². The highest BCUT2D eigenvalue weighted by Crippen LogP contribution is 2.28. The maximum absolute atomic E-state index is 12.3. The van der Waals surface area contributed by atoms with Crippen LogP contribution in [0.15, 0.2) is 18.2 Å². The molecule has 0 aliphatic carbocycles. The van der Waals surface area contributed by atoms with Crippen LogP contribution in [0.3, 0.4) is 0 Å². The predicted molar refractivity (Wildman–Crippen MR) is 98.3 cm³/mol. The monoisotopic (exact) mass is 350 g/mol. The van der Waals surface area contributed by atoms with E-state index in [2.05, 4.69) is 12.2 Å². The van der Waals surface area contributed by atoms with E-state index < -0.39 is 0 Å². The molecule has 0 aromatic heterocycles. The van der Waals surface area contributed by atoms with Gasteiger partial charge in [0.2, 0.25) is 5.91 Å². The molecule has 6 nitrogen and oxygen atoms in total. The Morgan fingerprint density at radius 3 is 2.32 bits per heavy atom. The highest BCUT2D eigenvalue weighted by Gasteiger charge is 2.15. The summed E-state index contributed by atoms with van der Waals surface area (Å²) in [5.74, 6) is 0.763. The Hall–Kier alpha value is -2.24. The highest BCUT2D eigenvalue weighted by atomic mass is 16.5. The van der Waals surface area contributed by atoms with Crippen LogP contribution in [-0.4, -0.2) is 49.6 Å². The summed E-state index contributed by atoms with van der Waals surface area (Å²) < 4.78 is 11.0. The van der Waals surface area contributed by atoms with Crippen LogP contribution in [0, 0.1) is 0 Å². The first-order chi connectivity index (χ1) is 12.1. The Kier molecular flexibility index (Phi) is 9.43. The van der Waals surface area contributed by atoms with Crippen molar-refractivity contribution in [2.24, 2.45) is 0 Å². The number of benzene rings is 1. The van der Waals surface area contributed by atoms with Crippen LogP contribution in [0.1, 0.15) is 50.9 Å². The van der Waals surface area contributed by atoms with Gasteiger partial charge in [-0.2, -0.15) is 0 Å². The van der Waals surface area contributed by atoms with Gasteiger partial charge >= 0.3 is 0 Å². The van der Waals surface area contributed by atoms with Crippen LogP contribution in [0.2, 0.25) is 0 Å². The summed E-state index contributed by atoms with van der Waals surface area (Å²) >= 11 is 0. The lowest BCUT2D eigenvalue weighted by atomic mass is 10.2. The third-order valence-electron chi connectivity index (χ3n) is 3.72. The van der Waals surface area contributed by atoms with Crippen LogP contribution in [0.4, 0.5) is 0 Å². The molecular formula is C19H30N2O4. The SMILES string of the molecule is CCCCN(CC)C(=O)CNC(=O)c1ccc(OCC)c(OCC)c1. The zero-order chi connectivity index (χ0) is 18.7. The molecule has 0 aliphatic heterocycles. The molecule has 0 bridgehead atoms. The van der Waals surface area contributed by atoms with Crippen molar-refractivity contribution in [2.75, 3.05) is 32.8 Å². The molecule has 140 valence electrons. The second-order valence-electron chi connectivity index (χ2n) is 5.54. The van der Waals surface area contributed by atoms with Crippen LogP contribution in [0.25, 0.3) is 0 Å². The van der Waals surface area contributed by atoms with Gasteiger partial charge in [-0.1, -0.05) is 13.3 Å². The van der Waals surface area contributed by atoms with E-state index in [1.165, 1.54) is 0 Å². The van der Waals surface area contributed by atoms with Crippen molar-refractivity contribution in [3.8, 4) is 11.5 Å². The predicted octanol–water partition coefficient (Wildman–Crippen LogP) is 2.86. The molecule has 0 fully saturated rings. The maximum Gasteiger partial charge on any atom is 0.251 e. The third-order valence-corrected chi connectivity index (χ3v) is 3.72. The molecular weight excluding hydrogens is 320 g/mol. The maximum atomic E-state index is 12.3. The Morgan fingerprint density at radius 1 is 1.04 bits per heavy atom. The second-order valence-corrected chi connectivity index (χ2v) is 5.54. The van der Waals surface area contributed by atoms with Crippen LogP contribution >= 0.6 is 0 Å². The molecule has 25 heavy (non-hydrogen) atoms. The zero-order valence-electron chi connectivity index (χ0n) is 15.8. The molecule has 1 rings (SSSR count). The Bertz CT molecular complexity index is 560. The Balaban J connectivity index is 2.70. The van der Waals surface area contributed by atoms with E-state index in [1.54, 1.807) is 23.1 Å². The number of carbonyl (C=O) groups excluding carboxylic acids is 2. The number of unbranched alkanes of at least 4 members (excludes halogenated alkanes) is 1. The van der Waals surface area contributed by atoms with Crippen molar-refractivity contribution in [3.63, 3.8) is 0 Å². The van der Waals surface area contributed by atoms with Crippen molar-refractivity contribution in [2.45, 2.75) is 40.5 Å². The first kappa shape index (κ1) is 20.8. The van der Waals surface area contributed by atoms with Gasteiger partial charge in [-0.25, -0.2) is 0 Å². The summed E-state index contributed by atoms with van der Waals surface area (Å²) in [6, 6.07) is 5.02. The molecule has 1 aromatic rings. The number of amides is 2. The summed E-state index contributed by atoms with van der Waals surface area (Å²) in [4.78, 5) is 26.3. The smallest absolute Gasteiger partial charge is 0.251 e. The summed E-state index contributed by atoms with van der Waals surface area (Å²) in [6.45, 7) is 10.1. The van der Waals surface area contributed by atoms with Gasteiger partial charge in [0.05, 0.1) is 19.8 Å². The van der Waals surface area contributed by atoms with Crippen molar-refractivity contribution in [3.05, 3.63) is 23.8 Å². The lowest BCUT2D eigenvalue weighted by Gasteiger charge is -2.20. The minimum Gasteiger partial charge on any atom is -0.490 e. The van der Waals surface area contributed by atoms with Gasteiger partial charge in [0.15, 0.2) is 11.5 Å². The van der Waals surface area contributed by atoms with Crippen LogP contribution in [0.5, 0.6) is 11.5 Å². The fourth-order valence-corrected chi connectivity index (χ4v) is 2.37. The summed E-state index contributed by atoms with van der Waals surface area (Å²) in [5, 5.41) is 2.68. The van der Waals surface area contributed by atoms with E-state index in [-0.39, 0.29) is 18.4 Å². The number of nitrogens with zero attached hydrogens (tertiary/aromatic N) is 1. The number of ether oxygens (including phenoxy) is 2. The van der Waals surface area contributed by atoms with Crippen molar-refractivity contribution in [1.82, 2.24) is 10.2 Å². The Morgan fingerprint density at radius 2 is 1.72 bits per heavy atom. The number of likely N-dealkylation sites (N-methyl/N-ethyl adjacent to an activating group) is 1. The molecule has 0 aliphatic rings. The van der Waals surface area contributed by atoms with Crippen molar-refractivity contribution in [1.29, 1.82) is 0 Å². The average molecular weight is 350 g/mol. The summed E-state index contributed by atoms with van der Waals surface area (Å²) in [5.41, 5.74) is 0.441. The third kappa shape index (κ3) is 6.64. The van der Waals surface area contributed by atoms with Crippen LogP contribution in [-0.2, 0) is 4.79 Å².